The number of methoxy groups -OCH3 is 2. The maximum absolute atomic E-state index is 5.53. The van der Waals surface area contributed by atoms with Crippen LogP contribution in [0.1, 0.15) is 19.3 Å². The molecule has 0 saturated carbocycles. The third-order valence-electron chi connectivity index (χ3n) is 5.61. The number of piperazine rings is 1. The molecule has 0 N–H and O–H groups in total. The van der Waals surface area contributed by atoms with Crippen LogP contribution < -0.4 is 19.3 Å². The van der Waals surface area contributed by atoms with Crippen molar-refractivity contribution in [2.45, 2.75) is 19.3 Å². The first-order valence-corrected chi connectivity index (χ1v) is 9.82. The smallest absolute Gasteiger partial charge is 0.227 e. The van der Waals surface area contributed by atoms with E-state index in [-0.39, 0.29) is 0 Å². The van der Waals surface area contributed by atoms with Gasteiger partial charge in [-0.2, -0.15) is 4.98 Å². The van der Waals surface area contributed by atoms with Crippen molar-refractivity contribution in [2.75, 3.05) is 70.3 Å². The van der Waals surface area contributed by atoms with E-state index in [0.29, 0.717) is 5.75 Å². The van der Waals surface area contributed by atoms with Gasteiger partial charge in [0.1, 0.15) is 5.82 Å². The van der Waals surface area contributed by atoms with Gasteiger partial charge in [-0.3, -0.25) is 0 Å². The third kappa shape index (κ3) is 3.60. The summed E-state index contributed by atoms with van der Waals surface area (Å²) in [6.45, 7) is 6.06. The summed E-state index contributed by atoms with van der Waals surface area (Å²) in [4.78, 5) is 17.0. The zero-order chi connectivity index (χ0) is 18.8. The molecule has 0 atom stereocenters. The lowest BCUT2D eigenvalue weighted by Gasteiger charge is -2.34. The minimum atomic E-state index is 0.706. The van der Waals surface area contributed by atoms with E-state index in [1.165, 1.54) is 19.3 Å². The van der Waals surface area contributed by atoms with Crippen LogP contribution in [0.5, 0.6) is 11.5 Å². The number of nitrogens with zero attached hydrogens (tertiary/aromatic N) is 5. The highest BCUT2D eigenvalue weighted by Crippen LogP contribution is 2.37. The standard InChI is InChI=1S/C20H29N5O2/c1-23-9-11-25(12-10-23)20-21-16-14-18(27-3)17(26-2)13-15(16)19(22-20)24-7-5-4-6-8-24/h13-14H,4-12H2,1-3H3. The van der Waals surface area contributed by atoms with Crippen LogP contribution in [-0.2, 0) is 0 Å². The molecule has 7 heteroatoms. The molecular weight excluding hydrogens is 342 g/mol. The summed E-state index contributed by atoms with van der Waals surface area (Å²) in [5, 5.41) is 1.03. The van der Waals surface area contributed by atoms with Gasteiger partial charge in [-0.1, -0.05) is 0 Å². The molecule has 2 aliphatic rings. The van der Waals surface area contributed by atoms with Crippen molar-refractivity contribution in [3.63, 3.8) is 0 Å². The molecule has 4 rings (SSSR count). The molecule has 2 aromatic rings. The number of anilines is 2. The molecular formula is C20H29N5O2. The number of ether oxygens (including phenoxy) is 2. The van der Waals surface area contributed by atoms with Gasteiger partial charge in [-0.15, -0.1) is 0 Å². The molecule has 0 aliphatic carbocycles. The Bertz CT molecular complexity index is 799. The first kappa shape index (κ1) is 18.1. The fourth-order valence-electron chi connectivity index (χ4n) is 3.92. The Kier molecular flexibility index (Phi) is 5.20. The summed E-state index contributed by atoms with van der Waals surface area (Å²) in [5.41, 5.74) is 0.914. The van der Waals surface area contributed by atoms with E-state index in [2.05, 4.69) is 21.7 Å². The highest BCUT2D eigenvalue weighted by atomic mass is 16.5. The van der Waals surface area contributed by atoms with E-state index in [0.717, 1.165) is 67.7 Å². The summed E-state index contributed by atoms with van der Waals surface area (Å²) >= 11 is 0. The predicted octanol–water partition coefficient (Wildman–Crippen LogP) is 2.39. The maximum atomic E-state index is 5.53. The quantitative estimate of drug-likeness (QED) is 0.818. The van der Waals surface area contributed by atoms with Crippen molar-refractivity contribution in [3.05, 3.63) is 12.1 Å². The number of hydrogen-bond acceptors (Lipinski definition) is 7. The van der Waals surface area contributed by atoms with E-state index in [4.69, 9.17) is 19.4 Å². The SMILES string of the molecule is COc1cc2nc(N3CCN(C)CC3)nc(N3CCCCC3)c2cc1OC. The lowest BCUT2D eigenvalue weighted by molar-refractivity contribution is 0.311. The number of hydrogen-bond donors (Lipinski definition) is 0. The van der Waals surface area contributed by atoms with Gasteiger partial charge in [0.2, 0.25) is 5.95 Å². The minimum Gasteiger partial charge on any atom is -0.493 e. The van der Waals surface area contributed by atoms with Gasteiger partial charge in [0.25, 0.3) is 0 Å². The Morgan fingerprint density at radius 1 is 0.778 bits per heavy atom. The first-order chi connectivity index (χ1) is 13.2. The zero-order valence-corrected chi connectivity index (χ0v) is 16.6. The molecule has 0 bridgehead atoms. The molecule has 0 radical (unpaired) electrons. The summed E-state index contributed by atoms with van der Waals surface area (Å²) in [7, 11) is 5.50. The molecule has 7 nitrogen and oxygen atoms in total. The van der Waals surface area contributed by atoms with Gasteiger partial charge in [0.15, 0.2) is 11.5 Å². The molecule has 1 aromatic carbocycles. The van der Waals surface area contributed by atoms with Gasteiger partial charge < -0.3 is 24.2 Å². The van der Waals surface area contributed by atoms with Crippen LogP contribution in [0.25, 0.3) is 10.9 Å². The normalized spacial score (nSPS) is 18.8. The second kappa shape index (κ2) is 7.76. The molecule has 3 heterocycles. The maximum Gasteiger partial charge on any atom is 0.227 e. The van der Waals surface area contributed by atoms with Gasteiger partial charge in [0, 0.05) is 50.7 Å². The predicted molar refractivity (Wildman–Crippen MR) is 108 cm³/mol. The molecule has 0 spiro atoms. The van der Waals surface area contributed by atoms with E-state index in [1.54, 1.807) is 14.2 Å². The molecule has 27 heavy (non-hydrogen) atoms. The van der Waals surface area contributed by atoms with Crippen LogP contribution in [0.2, 0.25) is 0 Å². The van der Waals surface area contributed by atoms with Gasteiger partial charge in [-0.05, 0) is 32.4 Å². The van der Waals surface area contributed by atoms with Crippen LogP contribution in [-0.4, -0.2) is 75.4 Å². The van der Waals surface area contributed by atoms with Crippen molar-refractivity contribution in [3.8, 4) is 11.5 Å². The van der Waals surface area contributed by atoms with Crippen LogP contribution in [0.4, 0.5) is 11.8 Å². The topological polar surface area (TPSA) is 54.0 Å². The molecule has 2 aliphatic heterocycles. The fourth-order valence-corrected chi connectivity index (χ4v) is 3.92. The lowest BCUT2D eigenvalue weighted by atomic mass is 10.1. The zero-order valence-electron chi connectivity index (χ0n) is 16.6. The van der Waals surface area contributed by atoms with Gasteiger partial charge in [0.05, 0.1) is 19.7 Å². The van der Waals surface area contributed by atoms with E-state index < -0.39 is 0 Å². The Hall–Kier alpha value is -2.28. The Morgan fingerprint density at radius 3 is 2.11 bits per heavy atom. The summed E-state index contributed by atoms with van der Waals surface area (Å²) < 4.78 is 11.0. The summed E-state index contributed by atoms with van der Waals surface area (Å²) in [6.07, 6.45) is 3.72. The number of likely N-dealkylation sites (N-methyl/N-ethyl adjacent to an activating group) is 1. The molecule has 0 unspecified atom stereocenters. The van der Waals surface area contributed by atoms with Crippen LogP contribution in [0.3, 0.4) is 0 Å². The minimum absolute atomic E-state index is 0.706. The molecule has 0 amide bonds. The second-order valence-electron chi connectivity index (χ2n) is 7.41. The fraction of sp³-hybridized carbons (Fsp3) is 0.600. The van der Waals surface area contributed by atoms with Crippen molar-refractivity contribution >= 4 is 22.7 Å². The van der Waals surface area contributed by atoms with Crippen LogP contribution >= 0.6 is 0 Å². The van der Waals surface area contributed by atoms with Crippen molar-refractivity contribution in [2.24, 2.45) is 0 Å². The molecule has 146 valence electrons. The number of piperidine rings is 1. The van der Waals surface area contributed by atoms with E-state index >= 15 is 0 Å². The number of benzene rings is 1. The van der Waals surface area contributed by atoms with Crippen molar-refractivity contribution < 1.29 is 9.47 Å². The number of rotatable bonds is 4. The Balaban J connectivity index is 1.82. The first-order valence-electron chi connectivity index (χ1n) is 9.82. The lowest BCUT2D eigenvalue weighted by Crippen LogP contribution is -2.45. The van der Waals surface area contributed by atoms with Crippen LogP contribution in [0.15, 0.2) is 12.1 Å². The second-order valence-corrected chi connectivity index (χ2v) is 7.41. The Labute approximate surface area is 160 Å². The molecule has 1 aromatic heterocycles. The highest BCUT2D eigenvalue weighted by Gasteiger charge is 2.23. The number of fused-ring (bicyclic) bond motifs is 1. The van der Waals surface area contributed by atoms with Crippen LogP contribution in [0, 0.1) is 0 Å². The average molecular weight is 371 g/mol. The number of aromatic nitrogens is 2. The third-order valence-corrected chi connectivity index (χ3v) is 5.61. The van der Waals surface area contributed by atoms with E-state index in [1.807, 2.05) is 12.1 Å². The van der Waals surface area contributed by atoms with Crippen molar-refractivity contribution in [1.82, 2.24) is 14.9 Å². The molecule has 2 saturated heterocycles. The monoisotopic (exact) mass is 371 g/mol. The van der Waals surface area contributed by atoms with Crippen molar-refractivity contribution in [1.29, 1.82) is 0 Å². The Morgan fingerprint density at radius 2 is 1.44 bits per heavy atom. The van der Waals surface area contributed by atoms with Gasteiger partial charge >= 0.3 is 0 Å². The molecule has 2 fully saturated rings. The van der Waals surface area contributed by atoms with Gasteiger partial charge in [-0.25, -0.2) is 4.98 Å². The highest BCUT2D eigenvalue weighted by molar-refractivity contribution is 5.93. The summed E-state index contributed by atoms with van der Waals surface area (Å²) in [5.74, 6) is 3.27. The largest absolute Gasteiger partial charge is 0.493 e. The van der Waals surface area contributed by atoms with E-state index in [9.17, 15) is 0 Å². The average Bonchev–Trinajstić information content (AvgIpc) is 2.73. The summed E-state index contributed by atoms with van der Waals surface area (Å²) in [6, 6.07) is 3.99.